The van der Waals surface area contributed by atoms with E-state index in [0.717, 1.165) is 18.4 Å². The van der Waals surface area contributed by atoms with E-state index in [-0.39, 0.29) is 11.4 Å². The molecule has 1 saturated carbocycles. The number of piperazine rings is 1. The molecule has 0 radical (unpaired) electrons. The van der Waals surface area contributed by atoms with E-state index < -0.39 is 12.1 Å². The molecule has 5 nitrogen and oxygen atoms in total. The van der Waals surface area contributed by atoms with Gasteiger partial charge in [-0.05, 0) is 25.3 Å². The van der Waals surface area contributed by atoms with Crippen molar-refractivity contribution in [3.05, 3.63) is 35.9 Å². The summed E-state index contributed by atoms with van der Waals surface area (Å²) in [6.07, 6.45) is 0.779. The molecule has 1 aliphatic heterocycles. The third kappa shape index (κ3) is 2.03. The lowest BCUT2D eigenvalue weighted by Gasteiger charge is -2.44. The van der Waals surface area contributed by atoms with Crippen molar-refractivity contribution in [2.24, 2.45) is 0 Å². The fourth-order valence-corrected chi connectivity index (χ4v) is 2.95. The van der Waals surface area contributed by atoms with Crippen molar-refractivity contribution in [2.45, 2.75) is 37.9 Å². The van der Waals surface area contributed by atoms with Crippen LogP contribution in [0.25, 0.3) is 0 Å². The Kier molecular flexibility index (Phi) is 2.92. The SMILES string of the molecule is CC1C(=O)N(Cc2ccccc2)C2(CC2)CN1C(=O)O. The molecule has 2 amide bonds. The van der Waals surface area contributed by atoms with Gasteiger partial charge in [0, 0.05) is 13.1 Å². The maximum atomic E-state index is 12.5. The van der Waals surface area contributed by atoms with Gasteiger partial charge in [0.05, 0.1) is 5.54 Å². The molecule has 2 fully saturated rings. The summed E-state index contributed by atoms with van der Waals surface area (Å²) in [6.45, 7) is 2.67. The number of carbonyl (C=O) groups is 2. The van der Waals surface area contributed by atoms with Crippen LogP contribution in [0.4, 0.5) is 4.79 Å². The van der Waals surface area contributed by atoms with Crippen LogP contribution in [0.15, 0.2) is 30.3 Å². The lowest BCUT2D eigenvalue weighted by molar-refractivity contribution is -0.146. The monoisotopic (exact) mass is 274 g/mol. The Morgan fingerprint density at radius 2 is 2.00 bits per heavy atom. The number of benzene rings is 1. The third-order valence-corrected chi connectivity index (χ3v) is 4.38. The first-order chi connectivity index (χ1) is 9.53. The van der Waals surface area contributed by atoms with E-state index in [1.807, 2.05) is 35.2 Å². The molecular weight excluding hydrogens is 256 g/mol. The molecule has 1 N–H and O–H groups in total. The lowest BCUT2D eigenvalue weighted by atomic mass is 10.0. The van der Waals surface area contributed by atoms with Gasteiger partial charge in [0.25, 0.3) is 0 Å². The fraction of sp³-hybridized carbons (Fsp3) is 0.467. The van der Waals surface area contributed by atoms with Crippen LogP contribution in [0.5, 0.6) is 0 Å². The summed E-state index contributed by atoms with van der Waals surface area (Å²) in [5.41, 5.74) is 0.820. The first-order valence-corrected chi connectivity index (χ1v) is 6.88. The summed E-state index contributed by atoms with van der Waals surface area (Å²) >= 11 is 0. The second kappa shape index (κ2) is 4.51. The first-order valence-electron chi connectivity index (χ1n) is 6.88. The Hall–Kier alpha value is -2.04. The smallest absolute Gasteiger partial charge is 0.408 e. The average molecular weight is 274 g/mol. The minimum atomic E-state index is -1.00. The van der Waals surface area contributed by atoms with Crippen LogP contribution >= 0.6 is 0 Å². The Morgan fingerprint density at radius 3 is 2.55 bits per heavy atom. The molecule has 1 heterocycles. The number of carboxylic acid groups (broad SMARTS) is 1. The highest BCUT2D eigenvalue weighted by atomic mass is 16.4. The molecule has 1 aromatic rings. The molecule has 106 valence electrons. The Bertz CT molecular complexity index is 539. The van der Waals surface area contributed by atoms with Gasteiger partial charge in [-0.15, -0.1) is 0 Å². The van der Waals surface area contributed by atoms with Crippen molar-refractivity contribution in [3.63, 3.8) is 0 Å². The first kappa shape index (κ1) is 13.0. The molecule has 1 unspecified atom stereocenters. The molecule has 1 atom stereocenters. The minimum absolute atomic E-state index is 0.0833. The molecular formula is C15H18N2O3. The van der Waals surface area contributed by atoms with E-state index in [0.29, 0.717) is 13.1 Å². The predicted octanol–water partition coefficient (Wildman–Crippen LogP) is 1.93. The van der Waals surface area contributed by atoms with Gasteiger partial charge in [-0.3, -0.25) is 9.69 Å². The fourth-order valence-electron chi connectivity index (χ4n) is 2.95. The molecule has 1 spiro atoms. The van der Waals surface area contributed by atoms with Crippen molar-refractivity contribution in [1.29, 1.82) is 0 Å². The molecule has 0 bridgehead atoms. The van der Waals surface area contributed by atoms with Gasteiger partial charge in [0.15, 0.2) is 0 Å². The summed E-state index contributed by atoms with van der Waals surface area (Å²) in [5, 5.41) is 9.22. The highest BCUT2D eigenvalue weighted by molar-refractivity contribution is 5.87. The van der Waals surface area contributed by atoms with Crippen LogP contribution < -0.4 is 0 Å². The zero-order valence-corrected chi connectivity index (χ0v) is 11.5. The van der Waals surface area contributed by atoms with Gasteiger partial charge >= 0.3 is 6.09 Å². The second-order valence-corrected chi connectivity index (χ2v) is 5.72. The van der Waals surface area contributed by atoms with Crippen LogP contribution in [0, 0.1) is 0 Å². The Balaban J connectivity index is 1.84. The normalized spacial score (nSPS) is 24.1. The van der Waals surface area contributed by atoms with Crippen molar-refractivity contribution < 1.29 is 14.7 Å². The van der Waals surface area contributed by atoms with Crippen molar-refractivity contribution in [3.8, 4) is 0 Å². The highest BCUT2D eigenvalue weighted by Gasteiger charge is 2.57. The van der Waals surface area contributed by atoms with Gasteiger partial charge in [0.2, 0.25) is 5.91 Å². The Labute approximate surface area is 117 Å². The minimum Gasteiger partial charge on any atom is -0.465 e. The molecule has 0 aromatic heterocycles. The molecule has 5 heteroatoms. The van der Waals surface area contributed by atoms with E-state index in [9.17, 15) is 14.7 Å². The van der Waals surface area contributed by atoms with E-state index >= 15 is 0 Å². The van der Waals surface area contributed by atoms with Crippen LogP contribution in [0.3, 0.4) is 0 Å². The lowest BCUT2D eigenvalue weighted by Crippen LogP contribution is -2.63. The van der Waals surface area contributed by atoms with E-state index in [4.69, 9.17) is 0 Å². The average Bonchev–Trinajstić information content (AvgIpc) is 3.21. The molecule has 1 aromatic carbocycles. The quantitative estimate of drug-likeness (QED) is 0.896. The van der Waals surface area contributed by atoms with Crippen molar-refractivity contribution in [1.82, 2.24) is 9.80 Å². The molecule has 1 saturated heterocycles. The van der Waals surface area contributed by atoms with Gasteiger partial charge in [-0.25, -0.2) is 4.79 Å². The van der Waals surface area contributed by atoms with Gasteiger partial charge in [0.1, 0.15) is 6.04 Å². The number of carbonyl (C=O) groups excluding carboxylic acids is 1. The second-order valence-electron chi connectivity index (χ2n) is 5.72. The number of rotatable bonds is 2. The molecule has 20 heavy (non-hydrogen) atoms. The van der Waals surface area contributed by atoms with Crippen LogP contribution in [0.2, 0.25) is 0 Å². The number of hydrogen-bond donors (Lipinski definition) is 1. The van der Waals surface area contributed by atoms with E-state index in [1.54, 1.807) is 6.92 Å². The Morgan fingerprint density at radius 1 is 1.35 bits per heavy atom. The number of amides is 2. The van der Waals surface area contributed by atoms with Gasteiger partial charge in [-0.1, -0.05) is 30.3 Å². The van der Waals surface area contributed by atoms with Crippen LogP contribution in [0.1, 0.15) is 25.3 Å². The van der Waals surface area contributed by atoms with Crippen molar-refractivity contribution in [2.75, 3.05) is 6.54 Å². The topological polar surface area (TPSA) is 60.9 Å². The van der Waals surface area contributed by atoms with Crippen molar-refractivity contribution >= 4 is 12.0 Å². The highest BCUT2D eigenvalue weighted by Crippen LogP contribution is 2.46. The largest absolute Gasteiger partial charge is 0.465 e. The van der Waals surface area contributed by atoms with E-state index in [1.165, 1.54) is 4.90 Å². The van der Waals surface area contributed by atoms with Crippen LogP contribution in [-0.4, -0.2) is 45.0 Å². The predicted molar refractivity (Wildman–Crippen MR) is 73.1 cm³/mol. The molecule has 3 rings (SSSR count). The third-order valence-electron chi connectivity index (χ3n) is 4.38. The number of hydrogen-bond acceptors (Lipinski definition) is 2. The maximum absolute atomic E-state index is 12.5. The zero-order valence-electron chi connectivity index (χ0n) is 11.5. The summed E-state index contributed by atoms with van der Waals surface area (Å²) in [7, 11) is 0. The standard InChI is InChI=1S/C15H18N2O3/c1-11-13(18)17(9-12-5-3-2-4-6-12)15(7-8-15)10-16(11)14(19)20/h2-6,11H,7-10H2,1H3,(H,19,20). The number of nitrogens with zero attached hydrogens (tertiary/aromatic N) is 2. The van der Waals surface area contributed by atoms with Gasteiger partial charge < -0.3 is 10.0 Å². The summed E-state index contributed by atoms with van der Waals surface area (Å²) in [5.74, 6) is -0.0833. The summed E-state index contributed by atoms with van der Waals surface area (Å²) in [4.78, 5) is 26.9. The molecule has 2 aliphatic rings. The van der Waals surface area contributed by atoms with Gasteiger partial charge in [-0.2, -0.15) is 0 Å². The summed E-state index contributed by atoms with van der Waals surface area (Å²) < 4.78 is 0. The zero-order chi connectivity index (χ0) is 14.3. The van der Waals surface area contributed by atoms with E-state index in [2.05, 4.69) is 0 Å². The maximum Gasteiger partial charge on any atom is 0.408 e. The summed E-state index contributed by atoms with van der Waals surface area (Å²) in [6, 6.07) is 9.26. The van der Waals surface area contributed by atoms with Crippen LogP contribution in [-0.2, 0) is 11.3 Å². The molecule has 1 aliphatic carbocycles.